The normalized spacial score (nSPS) is 14.5. The Morgan fingerprint density at radius 3 is 2.23 bits per heavy atom. The minimum Gasteiger partial charge on any atom is -0.502 e. The van der Waals surface area contributed by atoms with E-state index in [0.717, 1.165) is 37.6 Å². The maximum absolute atomic E-state index is 12.8. The summed E-state index contributed by atoms with van der Waals surface area (Å²) in [5.41, 5.74) is 1.15. The van der Waals surface area contributed by atoms with Crippen molar-refractivity contribution in [3.8, 4) is 23.0 Å². The maximum Gasteiger partial charge on any atom is 0.306 e. The van der Waals surface area contributed by atoms with Crippen LogP contribution in [0.3, 0.4) is 0 Å². The molecule has 208 valence electrons. The second-order valence-corrected chi connectivity index (χ2v) is 9.20. The van der Waals surface area contributed by atoms with Crippen molar-refractivity contribution >= 4 is 11.7 Å². The monoisotopic (exact) mass is 538 g/mol. The van der Waals surface area contributed by atoms with E-state index in [0.29, 0.717) is 29.4 Å². The third-order valence-electron chi connectivity index (χ3n) is 6.91. The van der Waals surface area contributed by atoms with Crippen LogP contribution in [-0.4, -0.2) is 70.6 Å². The highest BCUT2D eigenvalue weighted by molar-refractivity contribution is 5.71. The number of hydrogen-bond donors (Lipinski definition) is 1. The Balaban J connectivity index is 1.56. The van der Waals surface area contributed by atoms with Crippen molar-refractivity contribution in [3.63, 3.8) is 0 Å². The summed E-state index contributed by atoms with van der Waals surface area (Å²) in [5, 5.41) is 10.7. The average molecular weight is 539 g/mol. The second kappa shape index (κ2) is 12.6. The fraction of sp³-hybridized carbons (Fsp3) is 0.379. The van der Waals surface area contributed by atoms with Gasteiger partial charge >= 0.3 is 5.97 Å². The molecular weight excluding hydrogens is 504 g/mol. The molecule has 1 fully saturated rings. The van der Waals surface area contributed by atoms with Gasteiger partial charge in [0.1, 0.15) is 11.5 Å². The van der Waals surface area contributed by atoms with E-state index in [1.807, 2.05) is 24.3 Å². The lowest BCUT2D eigenvalue weighted by Gasteiger charge is -2.36. The lowest BCUT2D eigenvalue weighted by molar-refractivity contribution is -0.140. The number of ether oxygens (including phenoxy) is 4. The smallest absolute Gasteiger partial charge is 0.306 e. The average Bonchev–Trinajstić information content (AvgIpc) is 2.97. The van der Waals surface area contributed by atoms with Gasteiger partial charge < -0.3 is 33.4 Å². The molecule has 0 spiro atoms. The van der Waals surface area contributed by atoms with Crippen LogP contribution in [0.25, 0.3) is 0 Å². The van der Waals surface area contributed by atoms with Crippen LogP contribution in [0.4, 0.5) is 5.69 Å². The second-order valence-electron chi connectivity index (χ2n) is 9.20. The van der Waals surface area contributed by atoms with Gasteiger partial charge in [0.2, 0.25) is 11.2 Å². The number of aromatic hydroxyl groups is 1. The number of nitrogens with zero attached hydrogens (tertiary/aromatic N) is 2. The Morgan fingerprint density at radius 2 is 1.62 bits per heavy atom. The number of carbonyl (C=O) groups excluding carboxylic acids is 1. The Kier molecular flexibility index (Phi) is 8.98. The highest BCUT2D eigenvalue weighted by Gasteiger charge is 2.28. The predicted octanol–water partition coefficient (Wildman–Crippen LogP) is 3.39. The SMILES string of the molecule is COC(=O)C[C@H](c1ccc(OC)c(OC)c1)c1oc(CN2CCN(c3ccc(OC)cc3)CC2)cc(=O)c1O. The van der Waals surface area contributed by atoms with Crippen molar-refractivity contribution in [3.05, 3.63) is 75.8 Å². The molecule has 2 heterocycles. The summed E-state index contributed by atoms with van der Waals surface area (Å²) in [6.45, 7) is 3.51. The first-order valence-electron chi connectivity index (χ1n) is 12.6. The molecule has 0 unspecified atom stereocenters. The quantitative estimate of drug-likeness (QED) is 0.386. The molecule has 1 atom stereocenters. The van der Waals surface area contributed by atoms with Gasteiger partial charge in [-0.25, -0.2) is 0 Å². The zero-order valence-corrected chi connectivity index (χ0v) is 22.6. The van der Waals surface area contributed by atoms with Gasteiger partial charge in [-0.3, -0.25) is 14.5 Å². The lowest BCUT2D eigenvalue weighted by Crippen LogP contribution is -2.46. The fourth-order valence-electron chi connectivity index (χ4n) is 4.73. The Labute approximate surface area is 227 Å². The highest BCUT2D eigenvalue weighted by Crippen LogP contribution is 2.38. The van der Waals surface area contributed by atoms with Crippen LogP contribution in [0.5, 0.6) is 23.0 Å². The molecule has 39 heavy (non-hydrogen) atoms. The van der Waals surface area contributed by atoms with Crippen LogP contribution in [0, 0.1) is 0 Å². The number of carbonyl (C=O) groups is 1. The van der Waals surface area contributed by atoms with Crippen molar-refractivity contribution in [1.29, 1.82) is 0 Å². The molecule has 0 bridgehead atoms. The summed E-state index contributed by atoms with van der Waals surface area (Å²) in [4.78, 5) is 29.6. The van der Waals surface area contributed by atoms with E-state index >= 15 is 0 Å². The first kappa shape index (κ1) is 27.8. The standard InChI is InChI=1S/C29H34N2O8/c1-35-21-8-6-20(7-9-21)31-13-11-30(12-14-31)18-22-16-24(32)28(34)29(39-22)23(17-27(33)38-4)19-5-10-25(36-2)26(15-19)37-3/h5-10,15-16,23,34H,11-14,17-18H2,1-4H3/t23-/m1/s1. The van der Waals surface area contributed by atoms with Gasteiger partial charge in [0, 0.05) is 37.9 Å². The molecule has 10 heteroatoms. The Morgan fingerprint density at radius 1 is 0.923 bits per heavy atom. The minimum absolute atomic E-state index is 0.00647. The summed E-state index contributed by atoms with van der Waals surface area (Å²) in [6, 6.07) is 14.4. The van der Waals surface area contributed by atoms with Gasteiger partial charge in [-0.05, 0) is 42.0 Å². The third-order valence-corrected chi connectivity index (χ3v) is 6.91. The number of anilines is 1. The molecule has 3 aromatic rings. The Bertz CT molecular complexity index is 1330. The number of methoxy groups -OCH3 is 4. The topological polar surface area (TPSA) is 111 Å². The number of piperazine rings is 1. The van der Waals surface area contributed by atoms with Gasteiger partial charge in [0.25, 0.3) is 0 Å². The largest absolute Gasteiger partial charge is 0.502 e. The Hall–Kier alpha value is -4.18. The number of esters is 1. The molecule has 2 aromatic carbocycles. The summed E-state index contributed by atoms with van der Waals surface area (Å²) >= 11 is 0. The minimum atomic E-state index is -0.781. The molecule has 0 aliphatic carbocycles. The van der Waals surface area contributed by atoms with Gasteiger partial charge in [-0.2, -0.15) is 0 Å². The predicted molar refractivity (Wildman–Crippen MR) is 145 cm³/mol. The molecule has 1 aliphatic heterocycles. The van der Waals surface area contributed by atoms with Crippen LogP contribution in [0.15, 0.2) is 57.7 Å². The van der Waals surface area contributed by atoms with Crippen molar-refractivity contribution in [2.75, 3.05) is 59.5 Å². The number of rotatable bonds is 10. The van der Waals surface area contributed by atoms with Crippen molar-refractivity contribution < 1.29 is 33.3 Å². The maximum atomic E-state index is 12.8. The first-order valence-corrected chi connectivity index (χ1v) is 12.6. The van der Waals surface area contributed by atoms with Gasteiger partial charge in [0.15, 0.2) is 17.3 Å². The first-order chi connectivity index (χ1) is 18.9. The molecule has 1 saturated heterocycles. The van der Waals surface area contributed by atoms with Crippen molar-refractivity contribution in [2.24, 2.45) is 0 Å². The molecule has 1 N–H and O–H groups in total. The van der Waals surface area contributed by atoms with E-state index in [4.69, 9.17) is 23.4 Å². The molecule has 1 aliphatic rings. The van der Waals surface area contributed by atoms with Gasteiger partial charge in [0.05, 0.1) is 47.3 Å². The van der Waals surface area contributed by atoms with Crippen LogP contribution in [-0.2, 0) is 16.1 Å². The summed E-state index contributed by atoms with van der Waals surface area (Å²) in [7, 11) is 5.95. The lowest BCUT2D eigenvalue weighted by atomic mass is 9.91. The summed E-state index contributed by atoms with van der Waals surface area (Å²) < 4.78 is 27.0. The molecule has 0 radical (unpaired) electrons. The van der Waals surface area contributed by atoms with Crippen LogP contribution >= 0.6 is 0 Å². The highest BCUT2D eigenvalue weighted by atomic mass is 16.5. The van der Waals surface area contributed by atoms with E-state index in [1.54, 1.807) is 25.3 Å². The van der Waals surface area contributed by atoms with Gasteiger partial charge in [-0.1, -0.05) is 6.07 Å². The summed E-state index contributed by atoms with van der Waals surface area (Å²) in [5.74, 6) is 0.339. The molecule has 0 amide bonds. The molecule has 4 rings (SSSR count). The van der Waals surface area contributed by atoms with Gasteiger partial charge in [-0.15, -0.1) is 0 Å². The molecule has 10 nitrogen and oxygen atoms in total. The third kappa shape index (κ3) is 6.46. The number of hydrogen-bond acceptors (Lipinski definition) is 10. The zero-order chi connectivity index (χ0) is 27.9. The van der Waals surface area contributed by atoms with Crippen LogP contribution < -0.4 is 24.5 Å². The zero-order valence-electron chi connectivity index (χ0n) is 22.6. The summed E-state index contributed by atoms with van der Waals surface area (Å²) in [6.07, 6.45) is -0.146. The van der Waals surface area contributed by atoms with E-state index in [9.17, 15) is 14.7 Å². The molecular formula is C29H34N2O8. The van der Waals surface area contributed by atoms with E-state index < -0.39 is 23.1 Å². The fourth-order valence-corrected chi connectivity index (χ4v) is 4.73. The van der Waals surface area contributed by atoms with E-state index in [1.165, 1.54) is 27.4 Å². The van der Waals surface area contributed by atoms with Crippen LogP contribution in [0.2, 0.25) is 0 Å². The molecule has 1 aromatic heterocycles. The van der Waals surface area contributed by atoms with E-state index in [2.05, 4.69) is 9.80 Å². The molecule has 0 saturated carbocycles. The van der Waals surface area contributed by atoms with Crippen molar-refractivity contribution in [2.45, 2.75) is 18.9 Å². The van der Waals surface area contributed by atoms with Crippen LogP contribution in [0.1, 0.15) is 29.4 Å². The van der Waals surface area contributed by atoms with E-state index in [-0.39, 0.29) is 12.2 Å². The number of benzene rings is 2. The van der Waals surface area contributed by atoms with Crippen molar-refractivity contribution in [1.82, 2.24) is 4.90 Å².